The Hall–Kier alpha value is -2.99. The third-order valence-electron chi connectivity index (χ3n) is 4.54. The molecule has 4 rings (SSSR count). The molecule has 0 aliphatic carbocycles. The molecule has 0 radical (unpaired) electrons. The number of pyridine rings is 1. The van der Waals surface area contributed by atoms with Gasteiger partial charge in [-0.05, 0) is 54.3 Å². The molecule has 5 nitrogen and oxygen atoms in total. The summed E-state index contributed by atoms with van der Waals surface area (Å²) >= 11 is 1.39. The van der Waals surface area contributed by atoms with E-state index >= 15 is 0 Å². The van der Waals surface area contributed by atoms with Gasteiger partial charge in [-0.3, -0.25) is 15.1 Å². The molecular formula is C21H20N4OS. The number of nitrogens with one attached hydrogen (secondary N) is 1. The number of hydrogen-bond acceptors (Lipinski definition) is 5. The van der Waals surface area contributed by atoms with E-state index in [0.717, 1.165) is 29.9 Å². The summed E-state index contributed by atoms with van der Waals surface area (Å²) in [5.74, 6) is -0.188. The molecule has 1 aliphatic rings. The maximum atomic E-state index is 12.2. The summed E-state index contributed by atoms with van der Waals surface area (Å²) in [6.07, 6.45) is 7.38. The molecule has 1 aromatic carbocycles. The van der Waals surface area contributed by atoms with Gasteiger partial charge in [-0.1, -0.05) is 12.1 Å². The van der Waals surface area contributed by atoms with Crippen LogP contribution in [0.25, 0.3) is 17.5 Å². The smallest absolute Gasteiger partial charge is 0.250 e. The van der Waals surface area contributed by atoms with Crippen LogP contribution in [0.3, 0.4) is 0 Å². The maximum Gasteiger partial charge on any atom is 0.250 e. The molecule has 6 heteroatoms. The fourth-order valence-electron chi connectivity index (χ4n) is 3.19. The first kappa shape index (κ1) is 17.4. The van der Waals surface area contributed by atoms with Crippen LogP contribution in [0.2, 0.25) is 0 Å². The average Bonchev–Trinajstić information content (AvgIpc) is 3.16. The van der Waals surface area contributed by atoms with Gasteiger partial charge >= 0.3 is 0 Å². The standard InChI is InChI=1S/C21H20N4OS/c1-25-12-4-5-16-13-15(7-9-19(16)25)8-10-20(26)24-21-23-18(14-27-21)17-6-2-3-11-22-17/h2-3,6-11,13-14H,4-5,12H2,1H3,(H,23,24,26). The van der Waals surface area contributed by atoms with E-state index in [-0.39, 0.29) is 5.91 Å². The first-order chi connectivity index (χ1) is 13.2. The van der Waals surface area contributed by atoms with E-state index in [4.69, 9.17) is 0 Å². The predicted molar refractivity (Wildman–Crippen MR) is 111 cm³/mol. The van der Waals surface area contributed by atoms with Gasteiger partial charge in [0.05, 0.1) is 5.69 Å². The maximum absolute atomic E-state index is 12.2. The van der Waals surface area contributed by atoms with Crippen molar-refractivity contribution >= 4 is 34.1 Å². The van der Waals surface area contributed by atoms with Crippen LogP contribution < -0.4 is 10.2 Å². The number of aromatic nitrogens is 2. The summed E-state index contributed by atoms with van der Waals surface area (Å²) in [6, 6.07) is 12.0. The van der Waals surface area contributed by atoms with Gasteiger partial charge < -0.3 is 4.90 Å². The van der Waals surface area contributed by atoms with Crippen LogP contribution in [-0.4, -0.2) is 29.5 Å². The van der Waals surface area contributed by atoms with Crippen LogP contribution in [0.5, 0.6) is 0 Å². The Morgan fingerprint density at radius 2 is 2.19 bits per heavy atom. The molecule has 3 aromatic rings. The molecule has 3 heterocycles. The van der Waals surface area contributed by atoms with Gasteiger partial charge in [-0.15, -0.1) is 11.3 Å². The molecular weight excluding hydrogens is 356 g/mol. The van der Waals surface area contributed by atoms with Crippen molar-refractivity contribution in [2.24, 2.45) is 0 Å². The topological polar surface area (TPSA) is 58.1 Å². The van der Waals surface area contributed by atoms with Crippen LogP contribution in [-0.2, 0) is 11.2 Å². The number of hydrogen-bond donors (Lipinski definition) is 1. The zero-order valence-electron chi connectivity index (χ0n) is 15.1. The molecule has 136 valence electrons. The predicted octanol–water partition coefficient (Wildman–Crippen LogP) is 4.24. The number of amides is 1. The Morgan fingerprint density at radius 3 is 3.04 bits per heavy atom. The van der Waals surface area contributed by atoms with E-state index in [1.54, 1.807) is 12.3 Å². The molecule has 0 fully saturated rings. The van der Waals surface area contributed by atoms with Crippen LogP contribution in [0.1, 0.15) is 17.5 Å². The first-order valence-electron chi connectivity index (χ1n) is 8.89. The van der Waals surface area contributed by atoms with Crippen LogP contribution in [0, 0.1) is 0 Å². The second-order valence-electron chi connectivity index (χ2n) is 6.49. The lowest BCUT2D eigenvalue weighted by atomic mass is 9.99. The molecule has 0 atom stereocenters. The van der Waals surface area contributed by atoms with Crippen molar-refractivity contribution in [3.63, 3.8) is 0 Å². The minimum absolute atomic E-state index is 0.188. The fraction of sp³-hybridized carbons (Fsp3) is 0.190. The third kappa shape index (κ3) is 4.06. The lowest BCUT2D eigenvalue weighted by Gasteiger charge is -2.27. The Bertz CT molecular complexity index is 981. The number of fused-ring (bicyclic) bond motifs is 1. The summed E-state index contributed by atoms with van der Waals surface area (Å²) in [4.78, 5) is 23.2. The largest absolute Gasteiger partial charge is 0.374 e. The van der Waals surface area contributed by atoms with Gasteiger partial charge in [0.15, 0.2) is 5.13 Å². The van der Waals surface area contributed by atoms with Gasteiger partial charge in [0.2, 0.25) is 5.91 Å². The summed E-state index contributed by atoms with van der Waals surface area (Å²) in [7, 11) is 2.12. The number of thiazole rings is 1. The third-order valence-corrected chi connectivity index (χ3v) is 5.30. The Balaban J connectivity index is 1.42. The highest BCUT2D eigenvalue weighted by molar-refractivity contribution is 7.14. The van der Waals surface area contributed by atoms with Gasteiger partial charge in [-0.2, -0.15) is 0 Å². The van der Waals surface area contributed by atoms with E-state index in [0.29, 0.717) is 5.13 Å². The first-order valence-corrected chi connectivity index (χ1v) is 9.77. The van der Waals surface area contributed by atoms with Crippen molar-refractivity contribution in [1.29, 1.82) is 0 Å². The van der Waals surface area contributed by atoms with Gasteiger partial charge in [0, 0.05) is 36.9 Å². The van der Waals surface area contributed by atoms with Gasteiger partial charge in [-0.25, -0.2) is 4.98 Å². The summed E-state index contributed by atoms with van der Waals surface area (Å²) in [6.45, 7) is 1.10. The van der Waals surface area contributed by atoms with Crippen molar-refractivity contribution in [2.75, 3.05) is 23.8 Å². The molecule has 0 saturated carbocycles. The summed E-state index contributed by atoms with van der Waals surface area (Å²) in [5.41, 5.74) is 5.22. The van der Waals surface area contributed by atoms with Gasteiger partial charge in [0.1, 0.15) is 5.69 Å². The van der Waals surface area contributed by atoms with Crippen LogP contribution >= 0.6 is 11.3 Å². The quantitative estimate of drug-likeness (QED) is 0.692. The van der Waals surface area contributed by atoms with E-state index < -0.39 is 0 Å². The molecule has 0 saturated heterocycles. The molecule has 1 amide bonds. The Kier molecular flexibility index (Phi) is 4.98. The van der Waals surface area contributed by atoms with Gasteiger partial charge in [0.25, 0.3) is 0 Å². The normalized spacial score (nSPS) is 13.6. The summed E-state index contributed by atoms with van der Waals surface area (Å²) < 4.78 is 0. The zero-order valence-corrected chi connectivity index (χ0v) is 15.9. The van der Waals surface area contributed by atoms with Crippen LogP contribution in [0.4, 0.5) is 10.8 Å². The fourth-order valence-corrected chi connectivity index (χ4v) is 3.90. The lowest BCUT2D eigenvalue weighted by molar-refractivity contribution is -0.111. The second-order valence-corrected chi connectivity index (χ2v) is 7.35. The number of anilines is 2. The number of carbonyl (C=O) groups is 1. The highest BCUT2D eigenvalue weighted by Crippen LogP contribution is 2.27. The molecule has 1 N–H and O–H groups in total. The molecule has 27 heavy (non-hydrogen) atoms. The Morgan fingerprint density at radius 1 is 1.26 bits per heavy atom. The highest BCUT2D eigenvalue weighted by atomic mass is 32.1. The SMILES string of the molecule is CN1CCCc2cc(C=CC(=O)Nc3nc(-c4ccccn4)cs3)ccc21. The number of rotatable bonds is 4. The van der Waals surface area contributed by atoms with Crippen molar-refractivity contribution in [3.8, 4) is 11.4 Å². The second kappa shape index (κ2) is 7.72. The molecule has 2 aromatic heterocycles. The minimum Gasteiger partial charge on any atom is -0.374 e. The number of aryl methyl sites for hydroxylation is 1. The number of carbonyl (C=O) groups excluding carboxylic acids is 1. The molecule has 1 aliphatic heterocycles. The Labute approximate surface area is 162 Å². The lowest BCUT2D eigenvalue weighted by Crippen LogP contribution is -2.24. The van der Waals surface area contributed by atoms with Crippen molar-refractivity contribution in [1.82, 2.24) is 9.97 Å². The molecule has 0 unspecified atom stereocenters. The van der Waals surface area contributed by atoms with Crippen LogP contribution in [0.15, 0.2) is 54.1 Å². The van der Waals surface area contributed by atoms with Crippen molar-refractivity contribution in [2.45, 2.75) is 12.8 Å². The van der Waals surface area contributed by atoms with E-state index in [1.165, 1.54) is 29.0 Å². The number of nitrogens with zero attached hydrogens (tertiary/aromatic N) is 3. The monoisotopic (exact) mass is 376 g/mol. The summed E-state index contributed by atoms with van der Waals surface area (Å²) in [5, 5.41) is 5.27. The molecule has 0 bridgehead atoms. The van der Waals surface area contributed by atoms with E-state index in [1.807, 2.05) is 35.7 Å². The highest BCUT2D eigenvalue weighted by Gasteiger charge is 2.13. The minimum atomic E-state index is -0.188. The van der Waals surface area contributed by atoms with Crippen molar-refractivity contribution in [3.05, 3.63) is 65.2 Å². The average molecular weight is 376 g/mol. The van der Waals surface area contributed by atoms with Crippen molar-refractivity contribution < 1.29 is 4.79 Å². The van der Waals surface area contributed by atoms with E-state index in [9.17, 15) is 4.79 Å². The molecule has 0 spiro atoms. The van der Waals surface area contributed by atoms with E-state index in [2.05, 4.69) is 39.4 Å². The zero-order chi connectivity index (χ0) is 18.6. The number of benzene rings is 1.